The Bertz CT molecular complexity index is 318. The normalized spacial score (nSPS) is 23.9. The lowest BCUT2D eigenvalue weighted by molar-refractivity contribution is -0.149. The number of carbonyl (C=O) groups excluding carboxylic acids is 2. The van der Waals surface area contributed by atoms with Crippen LogP contribution in [0, 0.1) is 5.92 Å². The summed E-state index contributed by atoms with van der Waals surface area (Å²) in [6.07, 6.45) is 2.49. The van der Waals surface area contributed by atoms with E-state index in [0.717, 1.165) is 12.8 Å². The average Bonchev–Trinajstić information content (AvgIpc) is 2.34. The molecule has 0 aromatic carbocycles. The van der Waals surface area contributed by atoms with E-state index in [2.05, 4.69) is 19.2 Å². The first-order chi connectivity index (χ1) is 8.97. The number of ether oxygens (including phenoxy) is 1. The molecule has 1 fully saturated rings. The van der Waals surface area contributed by atoms with E-state index in [-0.39, 0.29) is 17.9 Å². The van der Waals surface area contributed by atoms with E-state index in [1.165, 1.54) is 0 Å². The highest BCUT2D eigenvalue weighted by atomic mass is 16.5. The number of hydrogen-bond donors (Lipinski definition) is 1. The van der Waals surface area contributed by atoms with Crippen LogP contribution in [0.1, 0.15) is 40.0 Å². The van der Waals surface area contributed by atoms with Gasteiger partial charge in [0.05, 0.1) is 0 Å². The third-order valence-corrected chi connectivity index (χ3v) is 3.38. The largest absolute Gasteiger partial charge is 0.385 e. The molecule has 0 aromatic rings. The number of unbranched alkanes of at least 4 members (excludes halogenated alkanes) is 1. The predicted octanol–water partition coefficient (Wildman–Crippen LogP) is 1.17. The molecule has 2 atom stereocenters. The van der Waals surface area contributed by atoms with Crippen LogP contribution in [0.3, 0.4) is 0 Å². The molecule has 1 N–H and O–H groups in total. The van der Waals surface area contributed by atoms with E-state index in [1.807, 2.05) is 0 Å². The van der Waals surface area contributed by atoms with Crippen molar-refractivity contribution in [1.29, 1.82) is 0 Å². The Balaban J connectivity index is 2.66. The van der Waals surface area contributed by atoms with E-state index in [9.17, 15) is 9.59 Å². The summed E-state index contributed by atoms with van der Waals surface area (Å²) in [5, 5.41) is 2.76. The number of piperazine rings is 1. The van der Waals surface area contributed by atoms with Gasteiger partial charge in [0.2, 0.25) is 11.8 Å². The summed E-state index contributed by atoms with van der Waals surface area (Å²) < 4.78 is 5.01. The van der Waals surface area contributed by atoms with Crippen molar-refractivity contribution in [3.8, 4) is 0 Å². The molecule has 0 aromatic heterocycles. The maximum atomic E-state index is 12.2. The first kappa shape index (κ1) is 16.0. The van der Waals surface area contributed by atoms with Crippen LogP contribution in [0.25, 0.3) is 0 Å². The molecule has 0 spiro atoms. The summed E-state index contributed by atoms with van der Waals surface area (Å²) in [5.41, 5.74) is 0. The van der Waals surface area contributed by atoms with Crippen molar-refractivity contribution >= 4 is 11.8 Å². The minimum absolute atomic E-state index is 0.0208. The molecule has 1 aliphatic heterocycles. The summed E-state index contributed by atoms with van der Waals surface area (Å²) in [5.74, 6) is 0.397. The van der Waals surface area contributed by atoms with Crippen molar-refractivity contribution in [3.63, 3.8) is 0 Å². The Morgan fingerprint density at radius 3 is 2.58 bits per heavy atom. The van der Waals surface area contributed by atoms with Gasteiger partial charge in [-0.25, -0.2) is 0 Å². The first-order valence-corrected chi connectivity index (χ1v) is 7.07. The van der Waals surface area contributed by atoms with Gasteiger partial charge in [-0.15, -0.1) is 0 Å². The zero-order chi connectivity index (χ0) is 14.4. The minimum Gasteiger partial charge on any atom is -0.385 e. The van der Waals surface area contributed by atoms with E-state index < -0.39 is 6.04 Å². The second-order valence-electron chi connectivity index (χ2n) is 5.61. The second kappa shape index (κ2) is 7.48. The average molecular weight is 270 g/mol. The Morgan fingerprint density at radius 2 is 2.00 bits per heavy atom. The van der Waals surface area contributed by atoms with Crippen LogP contribution < -0.4 is 5.32 Å². The van der Waals surface area contributed by atoms with Crippen LogP contribution in [0.4, 0.5) is 0 Å². The van der Waals surface area contributed by atoms with E-state index in [4.69, 9.17) is 4.74 Å². The van der Waals surface area contributed by atoms with Crippen LogP contribution in [0.5, 0.6) is 0 Å². The van der Waals surface area contributed by atoms with Gasteiger partial charge >= 0.3 is 0 Å². The second-order valence-corrected chi connectivity index (χ2v) is 5.61. The maximum Gasteiger partial charge on any atom is 0.245 e. The van der Waals surface area contributed by atoms with Gasteiger partial charge in [-0.1, -0.05) is 13.8 Å². The standard InChI is InChI=1S/C14H26N2O3/c1-10(2)9-12-13(17)15-11(3)14(18)16(12)7-5-6-8-19-4/h10-12H,5-9H2,1-4H3,(H,15,17). The predicted molar refractivity (Wildman–Crippen MR) is 73.7 cm³/mol. The van der Waals surface area contributed by atoms with Gasteiger partial charge < -0.3 is 15.0 Å². The summed E-state index contributed by atoms with van der Waals surface area (Å²) in [6.45, 7) is 7.21. The molecule has 0 bridgehead atoms. The fourth-order valence-electron chi connectivity index (χ4n) is 2.39. The highest BCUT2D eigenvalue weighted by Gasteiger charge is 2.38. The Morgan fingerprint density at radius 1 is 1.32 bits per heavy atom. The third-order valence-electron chi connectivity index (χ3n) is 3.38. The number of carbonyl (C=O) groups is 2. The number of hydrogen-bond acceptors (Lipinski definition) is 3. The topological polar surface area (TPSA) is 58.6 Å². The van der Waals surface area contributed by atoms with Crippen LogP contribution >= 0.6 is 0 Å². The van der Waals surface area contributed by atoms with Crippen LogP contribution in [-0.4, -0.2) is 49.1 Å². The van der Waals surface area contributed by atoms with Gasteiger partial charge in [-0.2, -0.15) is 0 Å². The lowest BCUT2D eigenvalue weighted by Crippen LogP contribution is -2.62. The number of nitrogens with one attached hydrogen (secondary N) is 1. The smallest absolute Gasteiger partial charge is 0.245 e. The van der Waals surface area contributed by atoms with Gasteiger partial charge in [-0.3, -0.25) is 9.59 Å². The van der Waals surface area contributed by atoms with Crippen molar-refractivity contribution in [2.24, 2.45) is 5.92 Å². The lowest BCUT2D eigenvalue weighted by Gasteiger charge is -2.38. The molecule has 19 heavy (non-hydrogen) atoms. The summed E-state index contributed by atoms with van der Waals surface area (Å²) >= 11 is 0. The van der Waals surface area contributed by atoms with Crippen LogP contribution in [0.15, 0.2) is 0 Å². The van der Waals surface area contributed by atoms with Gasteiger partial charge in [0, 0.05) is 20.3 Å². The van der Waals surface area contributed by atoms with Gasteiger partial charge in [0.1, 0.15) is 12.1 Å². The molecule has 1 saturated heterocycles. The fourth-order valence-corrected chi connectivity index (χ4v) is 2.39. The summed E-state index contributed by atoms with van der Waals surface area (Å²) in [7, 11) is 1.67. The number of rotatable bonds is 7. The maximum absolute atomic E-state index is 12.2. The molecule has 2 unspecified atom stereocenters. The highest BCUT2D eigenvalue weighted by Crippen LogP contribution is 2.18. The molecule has 1 aliphatic rings. The molecular weight excluding hydrogens is 244 g/mol. The summed E-state index contributed by atoms with van der Waals surface area (Å²) in [6, 6.07) is -0.718. The van der Waals surface area contributed by atoms with Gasteiger partial charge in [-0.05, 0) is 32.1 Å². The molecule has 2 amide bonds. The molecular formula is C14H26N2O3. The molecule has 1 heterocycles. The lowest BCUT2D eigenvalue weighted by atomic mass is 9.98. The van der Waals surface area contributed by atoms with Gasteiger partial charge in [0.25, 0.3) is 0 Å². The molecule has 0 saturated carbocycles. The van der Waals surface area contributed by atoms with Crippen molar-refractivity contribution in [2.45, 2.75) is 52.1 Å². The summed E-state index contributed by atoms with van der Waals surface area (Å²) in [4.78, 5) is 26.0. The van der Waals surface area contributed by atoms with Crippen LogP contribution in [0.2, 0.25) is 0 Å². The quantitative estimate of drug-likeness (QED) is 0.707. The van der Waals surface area contributed by atoms with Crippen molar-refractivity contribution in [2.75, 3.05) is 20.3 Å². The Kier molecular flexibility index (Phi) is 6.28. The third kappa shape index (κ3) is 4.49. The van der Waals surface area contributed by atoms with Crippen LogP contribution in [-0.2, 0) is 14.3 Å². The minimum atomic E-state index is -0.404. The Hall–Kier alpha value is -1.10. The highest BCUT2D eigenvalue weighted by molar-refractivity contribution is 5.96. The number of methoxy groups -OCH3 is 1. The number of amides is 2. The number of nitrogens with zero attached hydrogens (tertiary/aromatic N) is 1. The van der Waals surface area contributed by atoms with E-state index in [0.29, 0.717) is 25.5 Å². The SMILES string of the molecule is COCCCCN1C(=O)C(C)NC(=O)C1CC(C)C. The van der Waals surface area contributed by atoms with Crippen molar-refractivity contribution < 1.29 is 14.3 Å². The molecule has 0 aliphatic carbocycles. The molecule has 5 heteroatoms. The van der Waals surface area contributed by atoms with E-state index in [1.54, 1.807) is 18.9 Å². The van der Waals surface area contributed by atoms with Gasteiger partial charge in [0.15, 0.2) is 0 Å². The van der Waals surface area contributed by atoms with E-state index >= 15 is 0 Å². The van der Waals surface area contributed by atoms with Crippen molar-refractivity contribution in [3.05, 3.63) is 0 Å². The first-order valence-electron chi connectivity index (χ1n) is 7.07. The molecule has 1 rings (SSSR count). The molecule has 5 nitrogen and oxygen atoms in total. The monoisotopic (exact) mass is 270 g/mol. The molecule has 0 radical (unpaired) electrons. The molecule has 110 valence electrons. The zero-order valence-corrected chi connectivity index (χ0v) is 12.4. The zero-order valence-electron chi connectivity index (χ0n) is 12.4. The fraction of sp³-hybridized carbons (Fsp3) is 0.857. The Labute approximate surface area is 115 Å². The van der Waals surface area contributed by atoms with Crippen molar-refractivity contribution in [1.82, 2.24) is 10.2 Å².